The summed E-state index contributed by atoms with van der Waals surface area (Å²) < 4.78 is 0. The molecule has 0 amide bonds. The predicted octanol–water partition coefficient (Wildman–Crippen LogP) is 3.67. The van der Waals surface area contributed by atoms with Crippen LogP contribution in [0, 0.1) is 0 Å². The average Bonchev–Trinajstić information content (AvgIpc) is 2.58. The van der Waals surface area contributed by atoms with Gasteiger partial charge in [0, 0.05) is 0 Å². The van der Waals surface area contributed by atoms with E-state index in [0.717, 1.165) is 0 Å². The lowest BCUT2D eigenvalue weighted by Gasteiger charge is -2.01. The number of fused-ring (bicyclic) bond motifs is 1. The highest BCUT2D eigenvalue weighted by atomic mass is 32.2. The highest BCUT2D eigenvalue weighted by molar-refractivity contribution is 8.04. The molecule has 1 unspecified atom stereocenters. The van der Waals surface area contributed by atoms with Gasteiger partial charge >= 0.3 is 0 Å². The summed E-state index contributed by atoms with van der Waals surface area (Å²) in [6.07, 6.45) is 13.0. The second kappa shape index (κ2) is 3.53. The molecular weight excluding hydrogens is 164 g/mol. The fourth-order valence-electron chi connectivity index (χ4n) is 1.58. The summed E-state index contributed by atoms with van der Waals surface area (Å²) in [5.41, 5.74) is 1.51. The van der Waals surface area contributed by atoms with Crippen molar-refractivity contribution in [1.29, 1.82) is 0 Å². The van der Waals surface area contributed by atoms with Crippen LogP contribution in [0.1, 0.15) is 26.2 Å². The lowest BCUT2D eigenvalue weighted by Crippen LogP contribution is -1.89. The van der Waals surface area contributed by atoms with E-state index in [1.165, 1.54) is 24.8 Å². The number of hydrogen-bond donors (Lipinski definition) is 0. The molecule has 1 aliphatic heterocycles. The van der Waals surface area contributed by atoms with Crippen LogP contribution in [0.2, 0.25) is 0 Å². The fraction of sp³-hybridized carbons (Fsp3) is 0.455. The third kappa shape index (κ3) is 1.51. The highest BCUT2D eigenvalue weighted by Gasteiger charge is 2.21. The minimum Gasteiger partial charge on any atom is -0.118 e. The van der Waals surface area contributed by atoms with Crippen molar-refractivity contribution in [2.75, 3.05) is 0 Å². The molecule has 0 radical (unpaired) electrons. The van der Waals surface area contributed by atoms with E-state index in [1.54, 1.807) is 4.91 Å². The average molecular weight is 178 g/mol. The van der Waals surface area contributed by atoms with Gasteiger partial charge in [-0.05, 0) is 29.4 Å². The second-order valence-electron chi connectivity index (χ2n) is 3.30. The van der Waals surface area contributed by atoms with Crippen molar-refractivity contribution < 1.29 is 0 Å². The molecule has 1 atom stereocenters. The third-order valence-corrected chi connectivity index (χ3v) is 3.59. The van der Waals surface area contributed by atoms with E-state index in [2.05, 4.69) is 31.2 Å². The van der Waals surface area contributed by atoms with Gasteiger partial charge in [-0.2, -0.15) is 0 Å². The minimum absolute atomic E-state index is 0.664. The predicted molar refractivity (Wildman–Crippen MR) is 56.2 cm³/mol. The molecule has 0 aromatic heterocycles. The molecule has 0 bridgehead atoms. The van der Waals surface area contributed by atoms with Crippen LogP contribution >= 0.6 is 11.8 Å². The first-order valence-electron chi connectivity index (χ1n) is 4.66. The number of thioether (sulfide) groups is 1. The van der Waals surface area contributed by atoms with Crippen LogP contribution in [-0.4, -0.2) is 5.25 Å². The standard InChI is InChI=1S/C11H14S/c1-2-3-6-10-8-9-5-4-7-11(9)12-10/h4-5,7-8,11H,2-3,6H2,1H3. The molecule has 2 aliphatic rings. The van der Waals surface area contributed by atoms with Gasteiger partial charge in [-0.15, -0.1) is 11.8 Å². The van der Waals surface area contributed by atoms with Crippen molar-refractivity contribution >= 4 is 11.8 Å². The molecule has 0 aromatic rings. The molecule has 1 heterocycles. The molecule has 0 spiro atoms. The Balaban J connectivity index is 1.95. The molecular formula is C11H14S. The van der Waals surface area contributed by atoms with E-state index < -0.39 is 0 Å². The minimum atomic E-state index is 0.664. The summed E-state index contributed by atoms with van der Waals surface area (Å²) >= 11 is 2.03. The Kier molecular flexibility index (Phi) is 2.40. The number of allylic oxidation sites excluding steroid dienone is 4. The summed E-state index contributed by atoms with van der Waals surface area (Å²) in [6, 6.07) is 0. The number of hydrogen-bond acceptors (Lipinski definition) is 1. The summed E-state index contributed by atoms with van der Waals surface area (Å²) in [4.78, 5) is 1.58. The molecule has 2 rings (SSSR count). The quantitative estimate of drug-likeness (QED) is 0.635. The van der Waals surface area contributed by atoms with Crippen LogP contribution < -0.4 is 0 Å². The van der Waals surface area contributed by atoms with Gasteiger partial charge in [-0.3, -0.25) is 0 Å². The first kappa shape index (κ1) is 8.18. The van der Waals surface area contributed by atoms with Crippen LogP contribution in [-0.2, 0) is 0 Å². The van der Waals surface area contributed by atoms with Crippen LogP contribution in [0.3, 0.4) is 0 Å². The summed E-state index contributed by atoms with van der Waals surface area (Å²) in [7, 11) is 0. The van der Waals surface area contributed by atoms with E-state index in [9.17, 15) is 0 Å². The highest BCUT2D eigenvalue weighted by Crippen LogP contribution is 2.41. The molecule has 0 fully saturated rings. The van der Waals surface area contributed by atoms with E-state index in [0.29, 0.717) is 5.25 Å². The Bertz CT molecular complexity index is 258. The van der Waals surface area contributed by atoms with Gasteiger partial charge in [-0.25, -0.2) is 0 Å². The SMILES string of the molecule is CCCCC1=CC2=CC=CC2S1. The van der Waals surface area contributed by atoms with E-state index in [1.807, 2.05) is 11.8 Å². The Morgan fingerprint density at radius 2 is 2.42 bits per heavy atom. The lowest BCUT2D eigenvalue weighted by atomic mass is 10.2. The lowest BCUT2D eigenvalue weighted by molar-refractivity contribution is 0.809. The molecule has 0 saturated heterocycles. The van der Waals surface area contributed by atoms with Crippen molar-refractivity contribution in [3.63, 3.8) is 0 Å². The van der Waals surface area contributed by atoms with Crippen molar-refractivity contribution in [2.45, 2.75) is 31.4 Å². The maximum atomic E-state index is 2.37. The monoisotopic (exact) mass is 178 g/mol. The smallest absolute Gasteiger partial charge is 0.0524 e. The number of unbranched alkanes of at least 4 members (excludes halogenated alkanes) is 1. The second-order valence-corrected chi connectivity index (χ2v) is 4.57. The summed E-state index contributed by atoms with van der Waals surface area (Å²) in [5.74, 6) is 0. The Morgan fingerprint density at radius 3 is 3.17 bits per heavy atom. The van der Waals surface area contributed by atoms with Gasteiger partial charge in [0.1, 0.15) is 0 Å². The zero-order chi connectivity index (χ0) is 8.39. The van der Waals surface area contributed by atoms with Crippen molar-refractivity contribution in [1.82, 2.24) is 0 Å². The Morgan fingerprint density at radius 1 is 1.50 bits per heavy atom. The van der Waals surface area contributed by atoms with Crippen molar-refractivity contribution in [2.24, 2.45) is 0 Å². The summed E-state index contributed by atoms with van der Waals surface area (Å²) in [6.45, 7) is 2.25. The van der Waals surface area contributed by atoms with Gasteiger partial charge < -0.3 is 0 Å². The van der Waals surface area contributed by atoms with Crippen molar-refractivity contribution in [3.8, 4) is 0 Å². The van der Waals surface area contributed by atoms with E-state index in [-0.39, 0.29) is 0 Å². The van der Waals surface area contributed by atoms with Crippen LogP contribution in [0.4, 0.5) is 0 Å². The Hall–Kier alpha value is -0.430. The first-order chi connectivity index (χ1) is 5.90. The molecule has 12 heavy (non-hydrogen) atoms. The van der Waals surface area contributed by atoms with Gasteiger partial charge in [-0.1, -0.05) is 31.6 Å². The first-order valence-corrected chi connectivity index (χ1v) is 5.53. The van der Waals surface area contributed by atoms with Crippen LogP contribution in [0.15, 0.2) is 34.8 Å². The topological polar surface area (TPSA) is 0 Å². The van der Waals surface area contributed by atoms with Crippen molar-refractivity contribution in [3.05, 3.63) is 34.8 Å². The summed E-state index contributed by atoms with van der Waals surface area (Å²) in [5, 5.41) is 0.664. The number of rotatable bonds is 3. The maximum absolute atomic E-state index is 2.37. The largest absolute Gasteiger partial charge is 0.118 e. The van der Waals surface area contributed by atoms with Crippen LogP contribution in [0.25, 0.3) is 0 Å². The molecule has 1 heteroatoms. The molecule has 0 saturated carbocycles. The van der Waals surface area contributed by atoms with Crippen LogP contribution in [0.5, 0.6) is 0 Å². The zero-order valence-corrected chi connectivity index (χ0v) is 8.23. The molecule has 0 nitrogen and oxygen atoms in total. The molecule has 1 aliphatic carbocycles. The van der Waals surface area contributed by atoms with E-state index >= 15 is 0 Å². The third-order valence-electron chi connectivity index (χ3n) is 2.29. The fourth-order valence-corrected chi connectivity index (χ4v) is 2.82. The zero-order valence-electron chi connectivity index (χ0n) is 7.42. The molecule has 0 aromatic carbocycles. The van der Waals surface area contributed by atoms with Gasteiger partial charge in [0.25, 0.3) is 0 Å². The van der Waals surface area contributed by atoms with E-state index in [4.69, 9.17) is 0 Å². The van der Waals surface area contributed by atoms with Gasteiger partial charge in [0.2, 0.25) is 0 Å². The Labute approximate surface area is 78.4 Å². The molecule has 64 valence electrons. The normalized spacial score (nSPS) is 25.6. The molecule has 0 N–H and O–H groups in total. The van der Waals surface area contributed by atoms with Gasteiger partial charge in [0.15, 0.2) is 0 Å². The maximum Gasteiger partial charge on any atom is 0.0524 e. The van der Waals surface area contributed by atoms with Gasteiger partial charge in [0.05, 0.1) is 5.25 Å².